The van der Waals surface area contributed by atoms with E-state index in [1.165, 1.54) is 5.56 Å². The van der Waals surface area contributed by atoms with Gasteiger partial charge in [0.2, 0.25) is 0 Å². The summed E-state index contributed by atoms with van der Waals surface area (Å²) in [4.78, 5) is 18.6. The number of phenolic OH excluding ortho intramolecular Hbond substituents is 1. The average molecular weight is 591 g/mol. The number of benzene rings is 3. The highest BCUT2D eigenvalue weighted by Crippen LogP contribution is 2.65. The highest BCUT2D eigenvalue weighted by molar-refractivity contribution is 5.94. The van der Waals surface area contributed by atoms with E-state index in [-0.39, 0.29) is 29.4 Å². The van der Waals surface area contributed by atoms with Crippen molar-refractivity contribution in [1.29, 1.82) is 0 Å². The van der Waals surface area contributed by atoms with E-state index in [0.717, 1.165) is 67.6 Å². The summed E-state index contributed by atoms with van der Waals surface area (Å²) in [7, 11) is 1.64. The zero-order valence-corrected chi connectivity index (χ0v) is 26.0. The molecule has 1 spiro atoms. The van der Waals surface area contributed by atoms with Gasteiger partial charge in [-0.3, -0.25) is 9.69 Å². The molecule has 0 aromatic heterocycles. The quantitative estimate of drug-likeness (QED) is 0.364. The molecule has 228 valence electrons. The van der Waals surface area contributed by atoms with Crippen LogP contribution in [0.5, 0.6) is 17.2 Å². The van der Waals surface area contributed by atoms with Crippen LogP contribution in [0, 0.1) is 23.7 Å². The molecular formula is C38H42N2O4. The van der Waals surface area contributed by atoms with E-state index in [1.807, 2.05) is 35.2 Å². The lowest BCUT2D eigenvalue weighted by Crippen LogP contribution is -2.69. The fraction of sp³-hybridized carbons (Fsp3) is 0.447. The minimum atomic E-state index is -0.284. The molecule has 1 amide bonds. The summed E-state index contributed by atoms with van der Waals surface area (Å²) >= 11 is 0. The van der Waals surface area contributed by atoms with Crippen LogP contribution in [0.4, 0.5) is 0 Å². The highest BCUT2D eigenvalue weighted by Gasteiger charge is 2.67. The number of ether oxygens (including phenoxy) is 2. The van der Waals surface area contributed by atoms with E-state index in [0.29, 0.717) is 30.0 Å². The molecule has 2 fully saturated rings. The Bertz CT molecular complexity index is 1590. The standard InChI is InChI=1S/C38H42N2O4/c1-25(2)24-40(34(42)17-14-26-10-6-4-7-11-26)30-16-15-29-31-22-28-32(41)23-33(43-3)36-35(28)38(29,37(30)44-36)19-21-39(31)20-18-27-12-8-5-9-13-27/h4-13,23,25,29-31,37,41H,15-16,18-22,24H2,1-3H3/t29-,30-,31+,37-,38-/m0/s1. The number of phenols is 1. The molecule has 0 radical (unpaired) electrons. The van der Waals surface area contributed by atoms with Gasteiger partial charge < -0.3 is 19.5 Å². The summed E-state index contributed by atoms with van der Waals surface area (Å²) in [6.07, 6.45) is 4.38. The van der Waals surface area contributed by atoms with Crippen molar-refractivity contribution in [3.05, 3.63) is 89.0 Å². The molecular weight excluding hydrogens is 548 g/mol. The number of nitrogens with zero attached hydrogens (tertiary/aromatic N) is 2. The summed E-state index contributed by atoms with van der Waals surface area (Å²) in [5.41, 5.74) is 4.04. The van der Waals surface area contributed by atoms with Crippen molar-refractivity contribution in [1.82, 2.24) is 9.80 Å². The number of likely N-dealkylation sites (tertiary alicyclic amines) is 1. The van der Waals surface area contributed by atoms with Gasteiger partial charge in [-0.05, 0) is 68.2 Å². The van der Waals surface area contributed by atoms with Gasteiger partial charge in [0.15, 0.2) is 11.5 Å². The summed E-state index contributed by atoms with van der Waals surface area (Å²) in [6, 6.07) is 22.3. The number of piperidine rings is 1. The molecule has 2 aliphatic heterocycles. The molecule has 6 heteroatoms. The second kappa shape index (κ2) is 11.5. The van der Waals surface area contributed by atoms with Crippen molar-refractivity contribution in [3.8, 4) is 29.1 Å². The lowest BCUT2D eigenvalue weighted by atomic mass is 9.50. The Morgan fingerprint density at radius 3 is 2.61 bits per heavy atom. The second-order valence-corrected chi connectivity index (χ2v) is 13.4. The molecule has 2 heterocycles. The molecule has 4 aliphatic rings. The Morgan fingerprint density at radius 2 is 1.89 bits per heavy atom. The van der Waals surface area contributed by atoms with Crippen molar-refractivity contribution in [3.63, 3.8) is 0 Å². The maximum absolute atomic E-state index is 13.9. The summed E-state index contributed by atoms with van der Waals surface area (Å²) < 4.78 is 12.8. The lowest BCUT2D eigenvalue weighted by molar-refractivity contribution is -0.137. The molecule has 3 aromatic carbocycles. The van der Waals surface area contributed by atoms with Crippen molar-refractivity contribution >= 4 is 5.91 Å². The number of carbonyl (C=O) groups is 1. The maximum Gasteiger partial charge on any atom is 0.299 e. The van der Waals surface area contributed by atoms with E-state index in [9.17, 15) is 9.90 Å². The smallest absolute Gasteiger partial charge is 0.299 e. The first-order chi connectivity index (χ1) is 21.4. The van der Waals surface area contributed by atoms with Gasteiger partial charge in [0.25, 0.3) is 5.91 Å². The third-order valence-corrected chi connectivity index (χ3v) is 10.6. The van der Waals surface area contributed by atoms with Gasteiger partial charge in [-0.1, -0.05) is 68.3 Å². The molecule has 44 heavy (non-hydrogen) atoms. The first-order valence-electron chi connectivity index (χ1n) is 16.2. The van der Waals surface area contributed by atoms with Crippen LogP contribution in [0.1, 0.15) is 55.4 Å². The summed E-state index contributed by atoms with van der Waals surface area (Å²) in [6.45, 7) is 6.87. The van der Waals surface area contributed by atoms with E-state index >= 15 is 0 Å². The Morgan fingerprint density at radius 1 is 1.14 bits per heavy atom. The van der Waals surface area contributed by atoms with Crippen LogP contribution in [-0.4, -0.2) is 65.7 Å². The predicted molar refractivity (Wildman–Crippen MR) is 171 cm³/mol. The summed E-state index contributed by atoms with van der Waals surface area (Å²) in [5.74, 6) is 8.23. The van der Waals surface area contributed by atoms with E-state index < -0.39 is 0 Å². The Balaban J connectivity index is 1.27. The molecule has 2 aliphatic carbocycles. The van der Waals surface area contributed by atoms with Gasteiger partial charge in [0.05, 0.1) is 13.2 Å². The minimum absolute atomic E-state index is 0.118. The molecule has 1 saturated heterocycles. The van der Waals surface area contributed by atoms with Crippen LogP contribution in [0.2, 0.25) is 0 Å². The molecule has 1 N–H and O–H groups in total. The van der Waals surface area contributed by atoms with Crippen LogP contribution in [0.3, 0.4) is 0 Å². The van der Waals surface area contributed by atoms with E-state index in [2.05, 4.69) is 60.9 Å². The molecule has 5 atom stereocenters. The van der Waals surface area contributed by atoms with E-state index in [1.54, 1.807) is 13.2 Å². The van der Waals surface area contributed by atoms with Gasteiger partial charge in [0, 0.05) is 53.2 Å². The van der Waals surface area contributed by atoms with Gasteiger partial charge in [-0.2, -0.15) is 0 Å². The van der Waals surface area contributed by atoms with Crippen LogP contribution >= 0.6 is 0 Å². The zero-order chi connectivity index (χ0) is 30.4. The van der Waals surface area contributed by atoms with Gasteiger partial charge in [0.1, 0.15) is 11.9 Å². The van der Waals surface area contributed by atoms with E-state index in [4.69, 9.17) is 9.47 Å². The van der Waals surface area contributed by atoms with Crippen LogP contribution in [0.15, 0.2) is 66.7 Å². The fourth-order valence-corrected chi connectivity index (χ4v) is 8.80. The third-order valence-electron chi connectivity index (χ3n) is 10.6. The van der Waals surface area contributed by atoms with Crippen LogP contribution in [0.25, 0.3) is 0 Å². The number of carbonyl (C=O) groups excluding carboxylic acids is 1. The van der Waals surface area contributed by atoms with Gasteiger partial charge >= 0.3 is 0 Å². The fourth-order valence-electron chi connectivity index (χ4n) is 8.80. The monoisotopic (exact) mass is 590 g/mol. The number of amides is 1. The molecule has 3 aromatic rings. The van der Waals surface area contributed by atoms with Crippen LogP contribution < -0.4 is 9.47 Å². The SMILES string of the molecule is COc1cc(O)c2c3c1O[C@H]1[C@@H](N(CC(C)C)C(=O)C#Cc4ccccc4)CC[C@H]4[C@@H](C2)N(CCc2ccccc2)CC[C@@]341. The predicted octanol–water partition coefficient (Wildman–Crippen LogP) is 5.59. The number of hydrogen-bond acceptors (Lipinski definition) is 5. The Kier molecular flexibility index (Phi) is 7.54. The normalized spacial score (nSPS) is 26.3. The first-order valence-corrected chi connectivity index (χ1v) is 16.2. The van der Waals surface area contributed by atoms with Crippen molar-refractivity contribution < 1.29 is 19.4 Å². The largest absolute Gasteiger partial charge is 0.508 e. The minimum Gasteiger partial charge on any atom is -0.508 e. The maximum atomic E-state index is 13.9. The number of hydrogen-bond donors (Lipinski definition) is 1. The highest BCUT2D eigenvalue weighted by atomic mass is 16.5. The second-order valence-electron chi connectivity index (χ2n) is 13.4. The zero-order valence-electron chi connectivity index (χ0n) is 26.0. The molecule has 6 nitrogen and oxygen atoms in total. The topological polar surface area (TPSA) is 62.2 Å². The number of methoxy groups -OCH3 is 1. The van der Waals surface area contributed by atoms with Gasteiger partial charge in [-0.15, -0.1) is 0 Å². The van der Waals surface area contributed by atoms with Gasteiger partial charge in [-0.25, -0.2) is 0 Å². The first kappa shape index (κ1) is 28.8. The summed E-state index contributed by atoms with van der Waals surface area (Å²) in [5, 5.41) is 11.4. The third kappa shape index (κ3) is 4.73. The molecule has 2 bridgehead atoms. The average Bonchev–Trinajstić information content (AvgIpc) is 3.38. The van der Waals surface area contributed by atoms with Crippen molar-refractivity contribution in [2.75, 3.05) is 26.7 Å². The molecule has 0 unspecified atom stereocenters. The Labute approximate surface area is 261 Å². The molecule has 1 saturated carbocycles. The van der Waals surface area contributed by atoms with Crippen LogP contribution in [-0.2, 0) is 23.1 Å². The van der Waals surface area contributed by atoms with Crippen molar-refractivity contribution in [2.24, 2.45) is 11.8 Å². The lowest BCUT2D eigenvalue weighted by Gasteiger charge is -2.60. The Hall–Kier alpha value is -3.95. The van der Waals surface area contributed by atoms with Crippen molar-refractivity contribution in [2.45, 2.75) is 69.6 Å². The number of aromatic hydroxyl groups is 1. The molecule has 7 rings (SSSR count). The number of rotatable bonds is 7.